The predicted octanol–water partition coefficient (Wildman–Crippen LogP) is 3.73. The molecule has 2 aromatic carbocycles. The van der Waals surface area contributed by atoms with E-state index < -0.39 is 0 Å². The van der Waals surface area contributed by atoms with Crippen molar-refractivity contribution in [2.75, 3.05) is 13.2 Å². The molecule has 0 aromatic heterocycles. The number of rotatable bonds is 8. The van der Waals surface area contributed by atoms with Gasteiger partial charge in [-0.25, -0.2) is 0 Å². The first kappa shape index (κ1) is 15.0. The Morgan fingerprint density at radius 2 is 1.14 bits per heavy atom. The van der Waals surface area contributed by atoms with Crippen molar-refractivity contribution in [3.05, 3.63) is 48.5 Å². The third-order valence-electron chi connectivity index (χ3n) is 2.96. The molecule has 0 saturated carbocycles. The first-order valence-electron chi connectivity index (χ1n) is 7.08. The van der Waals surface area contributed by atoms with E-state index in [2.05, 4.69) is 0 Å². The van der Waals surface area contributed by atoms with E-state index in [0.717, 1.165) is 19.3 Å². The van der Waals surface area contributed by atoms with E-state index in [4.69, 9.17) is 9.47 Å². The fourth-order valence-electron chi connectivity index (χ4n) is 1.91. The van der Waals surface area contributed by atoms with E-state index in [9.17, 15) is 10.2 Å². The minimum atomic E-state index is 0.215. The maximum atomic E-state index is 9.30. The lowest BCUT2D eigenvalue weighted by atomic mass is 10.2. The number of hydrogen-bond acceptors (Lipinski definition) is 4. The lowest BCUT2D eigenvalue weighted by molar-refractivity contribution is 0.278. The predicted molar refractivity (Wildman–Crippen MR) is 81.1 cm³/mol. The van der Waals surface area contributed by atoms with Crippen LogP contribution in [0.5, 0.6) is 23.0 Å². The van der Waals surface area contributed by atoms with Crippen LogP contribution < -0.4 is 9.47 Å². The molecule has 0 bridgehead atoms. The van der Waals surface area contributed by atoms with Gasteiger partial charge in [0.15, 0.2) is 0 Å². The van der Waals surface area contributed by atoms with E-state index in [1.807, 2.05) is 12.1 Å². The smallest absolute Gasteiger partial charge is 0.122 e. The van der Waals surface area contributed by atoms with Crippen molar-refractivity contribution in [2.24, 2.45) is 0 Å². The van der Waals surface area contributed by atoms with E-state index >= 15 is 0 Å². The standard InChI is InChI=1S/C17H20O4/c18-14-6-4-8-16(12-14)20-10-2-1-3-11-21-17-9-5-7-15(19)13-17/h4-9,12-13,18-19H,1-3,10-11H2. The number of phenols is 2. The molecule has 0 saturated heterocycles. The Hall–Kier alpha value is -2.36. The van der Waals surface area contributed by atoms with Gasteiger partial charge in [-0.05, 0) is 43.5 Å². The second-order valence-corrected chi connectivity index (χ2v) is 4.75. The molecular formula is C17H20O4. The highest BCUT2D eigenvalue weighted by Crippen LogP contribution is 2.19. The quantitative estimate of drug-likeness (QED) is 0.727. The molecule has 2 N–H and O–H groups in total. The van der Waals surface area contributed by atoms with Gasteiger partial charge in [-0.15, -0.1) is 0 Å². The van der Waals surface area contributed by atoms with Crippen LogP contribution in [0.2, 0.25) is 0 Å². The zero-order valence-corrected chi connectivity index (χ0v) is 11.9. The van der Waals surface area contributed by atoms with E-state index in [1.165, 1.54) is 0 Å². The van der Waals surface area contributed by atoms with Crippen molar-refractivity contribution < 1.29 is 19.7 Å². The number of hydrogen-bond donors (Lipinski definition) is 2. The van der Waals surface area contributed by atoms with Gasteiger partial charge in [0.2, 0.25) is 0 Å². The van der Waals surface area contributed by atoms with Crippen LogP contribution in [0.25, 0.3) is 0 Å². The SMILES string of the molecule is Oc1cccc(OCCCCCOc2cccc(O)c2)c1. The molecule has 0 unspecified atom stereocenters. The molecule has 21 heavy (non-hydrogen) atoms. The van der Waals surface area contributed by atoms with Gasteiger partial charge in [-0.2, -0.15) is 0 Å². The van der Waals surface area contributed by atoms with Gasteiger partial charge in [0.1, 0.15) is 23.0 Å². The Morgan fingerprint density at radius 1 is 0.667 bits per heavy atom. The van der Waals surface area contributed by atoms with E-state index in [1.54, 1.807) is 36.4 Å². The van der Waals surface area contributed by atoms with Crippen molar-refractivity contribution >= 4 is 0 Å². The first-order valence-corrected chi connectivity index (χ1v) is 7.08. The van der Waals surface area contributed by atoms with Crippen LogP contribution in [0.15, 0.2) is 48.5 Å². The van der Waals surface area contributed by atoms with Crippen LogP contribution in [-0.4, -0.2) is 23.4 Å². The highest BCUT2D eigenvalue weighted by Gasteiger charge is 1.97. The average molecular weight is 288 g/mol. The Morgan fingerprint density at radius 3 is 1.57 bits per heavy atom. The summed E-state index contributed by atoms with van der Waals surface area (Å²) in [6.45, 7) is 1.24. The van der Waals surface area contributed by atoms with Crippen molar-refractivity contribution in [3.8, 4) is 23.0 Å². The van der Waals surface area contributed by atoms with Crippen LogP contribution in [0, 0.1) is 0 Å². The van der Waals surface area contributed by atoms with E-state index in [-0.39, 0.29) is 11.5 Å². The summed E-state index contributed by atoms with van der Waals surface area (Å²) in [5.41, 5.74) is 0. The van der Waals surface area contributed by atoms with Gasteiger partial charge in [0, 0.05) is 12.1 Å². The normalized spacial score (nSPS) is 10.3. The first-order chi connectivity index (χ1) is 10.2. The number of aromatic hydroxyl groups is 2. The molecule has 2 aromatic rings. The molecule has 0 spiro atoms. The minimum absolute atomic E-state index is 0.215. The number of ether oxygens (including phenoxy) is 2. The molecule has 112 valence electrons. The molecule has 0 radical (unpaired) electrons. The van der Waals surface area contributed by atoms with Crippen LogP contribution in [0.1, 0.15) is 19.3 Å². The maximum Gasteiger partial charge on any atom is 0.122 e. The second-order valence-electron chi connectivity index (χ2n) is 4.75. The monoisotopic (exact) mass is 288 g/mol. The summed E-state index contributed by atoms with van der Waals surface area (Å²) in [5, 5.41) is 18.6. The minimum Gasteiger partial charge on any atom is -0.508 e. The fraction of sp³-hybridized carbons (Fsp3) is 0.294. The van der Waals surface area contributed by atoms with Gasteiger partial charge < -0.3 is 19.7 Å². The molecule has 4 nitrogen and oxygen atoms in total. The summed E-state index contributed by atoms with van der Waals surface area (Å²) in [7, 11) is 0. The second kappa shape index (κ2) is 8.04. The zero-order valence-electron chi connectivity index (χ0n) is 11.9. The van der Waals surface area contributed by atoms with Crippen LogP contribution in [0.4, 0.5) is 0 Å². The van der Waals surface area contributed by atoms with Crippen molar-refractivity contribution in [1.29, 1.82) is 0 Å². The van der Waals surface area contributed by atoms with Crippen molar-refractivity contribution in [1.82, 2.24) is 0 Å². The maximum absolute atomic E-state index is 9.30. The molecule has 0 aliphatic rings. The van der Waals surface area contributed by atoms with Gasteiger partial charge in [0.25, 0.3) is 0 Å². The molecule has 0 atom stereocenters. The zero-order chi connectivity index (χ0) is 14.9. The van der Waals surface area contributed by atoms with Gasteiger partial charge >= 0.3 is 0 Å². The molecule has 2 rings (SSSR count). The lowest BCUT2D eigenvalue weighted by Gasteiger charge is -2.08. The number of unbranched alkanes of at least 4 members (excludes halogenated alkanes) is 2. The Kier molecular flexibility index (Phi) is 5.76. The van der Waals surface area contributed by atoms with Gasteiger partial charge in [0.05, 0.1) is 13.2 Å². The third kappa shape index (κ3) is 5.65. The molecule has 4 heteroatoms. The topological polar surface area (TPSA) is 58.9 Å². The Balaban J connectivity index is 1.54. The summed E-state index contributed by atoms with van der Waals surface area (Å²) in [6, 6.07) is 13.6. The Labute approximate surface area is 124 Å². The molecule has 0 aliphatic heterocycles. The van der Waals surface area contributed by atoms with Crippen molar-refractivity contribution in [2.45, 2.75) is 19.3 Å². The van der Waals surface area contributed by atoms with Crippen LogP contribution >= 0.6 is 0 Å². The number of benzene rings is 2. The third-order valence-corrected chi connectivity index (χ3v) is 2.96. The molecule has 0 fully saturated rings. The van der Waals surface area contributed by atoms with Crippen LogP contribution in [-0.2, 0) is 0 Å². The fourth-order valence-corrected chi connectivity index (χ4v) is 1.91. The highest BCUT2D eigenvalue weighted by atomic mass is 16.5. The molecular weight excluding hydrogens is 268 g/mol. The van der Waals surface area contributed by atoms with E-state index in [0.29, 0.717) is 24.7 Å². The Bertz CT molecular complexity index is 504. The summed E-state index contributed by atoms with van der Waals surface area (Å²) in [5.74, 6) is 1.80. The highest BCUT2D eigenvalue weighted by molar-refractivity contribution is 5.32. The lowest BCUT2D eigenvalue weighted by Crippen LogP contribution is -2.00. The summed E-state index contributed by atoms with van der Waals surface area (Å²) in [6.07, 6.45) is 2.86. The average Bonchev–Trinajstić information content (AvgIpc) is 2.46. The molecule has 0 amide bonds. The summed E-state index contributed by atoms with van der Waals surface area (Å²) >= 11 is 0. The number of phenolic OH excluding ortho intramolecular Hbond substituents is 2. The molecule has 0 aliphatic carbocycles. The van der Waals surface area contributed by atoms with Crippen molar-refractivity contribution in [3.63, 3.8) is 0 Å². The van der Waals surface area contributed by atoms with Gasteiger partial charge in [-0.3, -0.25) is 0 Å². The molecule has 0 heterocycles. The van der Waals surface area contributed by atoms with Crippen LogP contribution in [0.3, 0.4) is 0 Å². The summed E-state index contributed by atoms with van der Waals surface area (Å²) < 4.78 is 11.1. The summed E-state index contributed by atoms with van der Waals surface area (Å²) in [4.78, 5) is 0. The largest absolute Gasteiger partial charge is 0.508 e. The van der Waals surface area contributed by atoms with Gasteiger partial charge in [-0.1, -0.05) is 12.1 Å².